The lowest BCUT2D eigenvalue weighted by Crippen LogP contribution is -2.46. The van der Waals surface area contributed by atoms with E-state index in [1.54, 1.807) is 12.1 Å². The van der Waals surface area contributed by atoms with Gasteiger partial charge in [0.15, 0.2) is 0 Å². The van der Waals surface area contributed by atoms with E-state index in [0.717, 1.165) is 16.5 Å². The molecule has 1 atom stereocenters. The smallest absolute Gasteiger partial charge is 0.313 e. The third kappa shape index (κ3) is 3.58. The van der Waals surface area contributed by atoms with E-state index in [0.29, 0.717) is 18.7 Å². The predicted molar refractivity (Wildman–Crippen MR) is 79.3 cm³/mol. The molecule has 1 unspecified atom stereocenters. The Morgan fingerprint density at radius 1 is 1.45 bits per heavy atom. The maximum atomic E-state index is 12.0. The number of hydrogen-bond donors (Lipinski definition) is 2. The first-order chi connectivity index (χ1) is 9.47. The maximum Gasteiger partial charge on any atom is 0.313 e. The van der Waals surface area contributed by atoms with E-state index in [1.165, 1.54) is 4.90 Å². The highest BCUT2D eigenvalue weighted by Crippen LogP contribution is 2.20. The summed E-state index contributed by atoms with van der Waals surface area (Å²) in [6.07, 6.45) is 0.865. The van der Waals surface area contributed by atoms with Gasteiger partial charge in [0.1, 0.15) is 0 Å². The zero-order valence-corrected chi connectivity index (χ0v) is 12.8. The van der Waals surface area contributed by atoms with Gasteiger partial charge in [-0.05, 0) is 43.5 Å². The number of amides is 2. The first kappa shape index (κ1) is 15.0. The van der Waals surface area contributed by atoms with Crippen molar-refractivity contribution in [2.24, 2.45) is 0 Å². The van der Waals surface area contributed by atoms with Crippen LogP contribution in [0, 0.1) is 6.92 Å². The highest BCUT2D eigenvalue weighted by Gasteiger charge is 2.27. The Bertz CT molecular complexity index is 533. The van der Waals surface area contributed by atoms with Gasteiger partial charge in [-0.1, -0.05) is 15.9 Å². The van der Waals surface area contributed by atoms with Crippen molar-refractivity contribution in [3.8, 4) is 0 Å². The van der Waals surface area contributed by atoms with Gasteiger partial charge in [0.05, 0.1) is 6.10 Å². The number of β-amino-alcohol motifs (C(OH)–C–C–N with tert-alkyl or cyclic N) is 1. The Kier molecular flexibility index (Phi) is 4.77. The summed E-state index contributed by atoms with van der Waals surface area (Å²) in [5.74, 6) is -1.25. The molecular formula is C14H17BrN2O3. The molecule has 1 aromatic carbocycles. The van der Waals surface area contributed by atoms with Gasteiger partial charge in [0, 0.05) is 23.2 Å². The number of halogens is 1. The molecule has 2 amide bonds. The number of carbonyl (C=O) groups excluding carboxylic acids is 2. The van der Waals surface area contributed by atoms with Crippen LogP contribution in [0.5, 0.6) is 0 Å². The summed E-state index contributed by atoms with van der Waals surface area (Å²) >= 11 is 3.34. The number of piperidine rings is 1. The fourth-order valence-electron chi connectivity index (χ4n) is 2.23. The minimum Gasteiger partial charge on any atom is -0.391 e. The SMILES string of the molecule is Cc1cc(Br)ccc1NC(=O)C(=O)N1CCCC(O)C1. The lowest BCUT2D eigenvalue weighted by atomic mass is 10.1. The Morgan fingerprint density at radius 2 is 2.20 bits per heavy atom. The van der Waals surface area contributed by atoms with Crippen molar-refractivity contribution >= 4 is 33.4 Å². The van der Waals surface area contributed by atoms with E-state index in [1.807, 2.05) is 13.0 Å². The largest absolute Gasteiger partial charge is 0.391 e. The van der Waals surface area contributed by atoms with Gasteiger partial charge in [-0.15, -0.1) is 0 Å². The lowest BCUT2D eigenvalue weighted by Gasteiger charge is -2.29. The fraction of sp³-hybridized carbons (Fsp3) is 0.429. The fourth-order valence-corrected chi connectivity index (χ4v) is 2.70. The summed E-state index contributed by atoms with van der Waals surface area (Å²) in [4.78, 5) is 25.4. The van der Waals surface area contributed by atoms with Crippen molar-refractivity contribution in [2.75, 3.05) is 18.4 Å². The molecule has 0 aromatic heterocycles. The Hall–Kier alpha value is -1.40. The van der Waals surface area contributed by atoms with Gasteiger partial charge in [-0.25, -0.2) is 0 Å². The average molecular weight is 341 g/mol. The van der Waals surface area contributed by atoms with Crippen molar-refractivity contribution in [3.05, 3.63) is 28.2 Å². The van der Waals surface area contributed by atoms with Crippen LogP contribution in [-0.4, -0.2) is 41.0 Å². The number of aryl methyl sites for hydroxylation is 1. The van der Waals surface area contributed by atoms with Crippen LogP contribution in [0.2, 0.25) is 0 Å². The maximum absolute atomic E-state index is 12.0. The number of carbonyl (C=O) groups is 2. The van der Waals surface area contributed by atoms with E-state index in [2.05, 4.69) is 21.2 Å². The highest BCUT2D eigenvalue weighted by molar-refractivity contribution is 9.10. The lowest BCUT2D eigenvalue weighted by molar-refractivity contribution is -0.145. The number of nitrogens with one attached hydrogen (secondary N) is 1. The van der Waals surface area contributed by atoms with Crippen molar-refractivity contribution in [2.45, 2.75) is 25.9 Å². The van der Waals surface area contributed by atoms with Gasteiger partial charge in [0.25, 0.3) is 0 Å². The Balaban J connectivity index is 2.02. The van der Waals surface area contributed by atoms with Crippen LogP contribution in [0.4, 0.5) is 5.69 Å². The molecule has 6 heteroatoms. The molecule has 2 rings (SSSR count). The summed E-state index contributed by atoms with van der Waals surface area (Å²) in [5.41, 5.74) is 1.49. The Labute approximate surface area is 126 Å². The van der Waals surface area contributed by atoms with Crippen molar-refractivity contribution in [3.63, 3.8) is 0 Å². The molecular weight excluding hydrogens is 324 g/mol. The molecule has 1 fully saturated rings. The number of hydrogen-bond acceptors (Lipinski definition) is 3. The van der Waals surface area contributed by atoms with Gasteiger partial charge >= 0.3 is 11.8 Å². The molecule has 1 saturated heterocycles. The predicted octanol–water partition coefficient (Wildman–Crippen LogP) is 1.68. The average Bonchev–Trinajstić information content (AvgIpc) is 2.41. The number of anilines is 1. The molecule has 1 heterocycles. The van der Waals surface area contributed by atoms with E-state index in [-0.39, 0.29) is 6.54 Å². The molecule has 5 nitrogen and oxygen atoms in total. The number of rotatable bonds is 1. The van der Waals surface area contributed by atoms with Crippen LogP contribution >= 0.6 is 15.9 Å². The van der Waals surface area contributed by atoms with Gasteiger partial charge in [-0.2, -0.15) is 0 Å². The van der Waals surface area contributed by atoms with Crippen LogP contribution in [0.25, 0.3) is 0 Å². The second kappa shape index (κ2) is 6.37. The van der Waals surface area contributed by atoms with Crippen LogP contribution in [0.15, 0.2) is 22.7 Å². The van der Waals surface area contributed by atoms with E-state index >= 15 is 0 Å². The van der Waals surface area contributed by atoms with Crippen LogP contribution < -0.4 is 5.32 Å². The number of nitrogens with zero attached hydrogens (tertiary/aromatic N) is 1. The van der Waals surface area contributed by atoms with Crippen LogP contribution in [0.1, 0.15) is 18.4 Å². The monoisotopic (exact) mass is 340 g/mol. The quantitative estimate of drug-likeness (QED) is 0.764. The topological polar surface area (TPSA) is 69.6 Å². The van der Waals surface area contributed by atoms with Crippen LogP contribution in [-0.2, 0) is 9.59 Å². The molecule has 1 aliphatic heterocycles. The van der Waals surface area contributed by atoms with Crippen molar-refractivity contribution in [1.29, 1.82) is 0 Å². The Morgan fingerprint density at radius 3 is 2.85 bits per heavy atom. The van der Waals surface area contributed by atoms with E-state index in [4.69, 9.17) is 0 Å². The summed E-state index contributed by atoms with van der Waals surface area (Å²) in [6, 6.07) is 5.41. The standard InChI is InChI=1S/C14H17BrN2O3/c1-9-7-10(15)4-5-12(9)16-13(19)14(20)17-6-2-3-11(18)8-17/h4-5,7,11,18H,2-3,6,8H2,1H3,(H,16,19). The molecule has 1 aliphatic rings. The first-order valence-electron chi connectivity index (χ1n) is 6.52. The number of aliphatic hydroxyl groups excluding tert-OH is 1. The number of likely N-dealkylation sites (tertiary alicyclic amines) is 1. The summed E-state index contributed by atoms with van der Waals surface area (Å²) in [5, 5.41) is 12.2. The molecule has 2 N–H and O–H groups in total. The minimum absolute atomic E-state index is 0.228. The molecule has 0 spiro atoms. The zero-order valence-electron chi connectivity index (χ0n) is 11.2. The summed E-state index contributed by atoms with van der Waals surface area (Å²) < 4.78 is 0.915. The normalized spacial score (nSPS) is 18.8. The summed E-state index contributed by atoms with van der Waals surface area (Å²) in [6.45, 7) is 2.60. The van der Waals surface area contributed by atoms with Crippen LogP contribution in [0.3, 0.4) is 0 Å². The zero-order chi connectivity index (χ0) is 14.7. The molecule has 1 aromatic rings. The molecule has 108 valence electrons. The van der Waals surface area contributed by atoms with E-state index in [9.17, 15) is 14.7 Å². The first-order valence-corrected chi connectivity index (χ1v) is 7.31. The molecule has 0 aliphatic carbocycles. The second-order valence-corrected chi connectivity index (χ2v) is 5.88. The van der Waals surface area contributed by atoms with Gasteiger partial charge in [0.2, 0.25) is 0 Å². The molecule has 0 saturated carbocycles. The van der Waals surface area contributed by atoms with E-state index < -0.39 is 17.9 Å². The molecule has 0 radical (unpaired) electrons. The minimum atomic E-state index is -0.662. The second-order valence-electron chi connectivity index (χ2n) is 4.96. The van der Waals surface area contributed by atoms with Gasteiger partial charge in [-0.3, -0.25) is 9.59 Å². The third-order valence-electron chi connectivity index (χ3n) is 3.31. The highest BCUT2D eigenvalue weighted by atomic mass is 79.9. The van der Waals surface area contributed by atoms with Crippen molar-refractivity contribution < 1.29 is 14.7 Å². The molecule has 0 bridgehead atoms. The van der Waals surface area contributed by atoms with Gasteiger partial charge < -0.3 is 15.3 Å². The third-order valence-corrected chi connectivity index (χ3v) is 3.81. The number of benzene rings is 1. The van der Waals surface area contributed by atoms with Crippen molar-refractivity contribution in [1.82, 2.24) is 4.90 Å². The summed E-state index contributed by atoms with van der Waals surface area (Å²) in [7, 11) is 0. The molecule has 20 heavy (non-hydrogen) atoms. The number of aliphatic hydroxyl groups is 1.